The predicted molar refractivity (Wildman–Crippen MR) is 95.6 cm³/mol. The summed E-state index contributed by atoms with van der Waals surface area (Å²) < 4.78 is 0. The second-order valence-corrected chi connectivity index (χ2v) is 8.42. The molecule has 0 heterocycles. The summed E-state index contributed by atoms with van der Waals surface area (Å²) in [7, 11) is 0. The number of nitrogens with two attached hydrogens (primary N) is 1. The Labute approximate surface area is 148 Å². The summed E-state index contributed by atoms with van der Waals surface area (Å²) in [6, 6.07) is 8.57. The van der Waals surface area contributed by atoms with Gasteiger partial charge in [0.2, 0.25) is 5.91 Å². The van der Waals surface area contributed by atoms with Gasteiger partial charge in [0.15, 0.2) is 0 Å². The van der Waals surface area contributed by atoms with Gasteiger partial charge in [0.1, 0.15) is 0 Å². The smallest absolute Gasteiger partial charge is 0.312 e. The first kappa shape index (κ1) is 16.4. The summed E-state index contributed by atoms with van der Waals surface area (Å²) in [5, 5.41) is 6.08. The molecule has 4 saturated carbocycles. The zero-order chi connectivity index (χ0) is 17.4. The number of urea groups is 1. The van der Waals surface area contributed by atoms with Crippen LogP contribution in [0.1, 0.15) is 56.6 Å². The Morgan fingerprint density at radius 2 is 1.60 bits per heavy atom. The second kappa shape index (κ2) is 6.36. The fraction of sp³-hybridized carbons (Fsp3) is 0.600. The number of primary amides is 1. The van der Waals surface area contributed by atoms with Gasteiger partial charge in [-0.05, 0) is 61.8 Å². The number of amides is 3. The SMILES string of the molecule is NC(=O)N[C@H](CC(=O)NC12CC3CC(CC(C3)C1)C2)c1ccccc1. The molecule has 0 aliphatic heterocycles. The lowest BCUT2D eigenvalue weighted by molar-refractivity contribution is -0.127. The molecule has 4 fully saturated rings. The average molecular weight is 341 g/mol. The van der Waals surface area contributed by atoms with Crippen molar-refractivity contribution in [3.05, 3.63) is 35.9 Å². The number of benzene rings is 1. The van der Waals surface area contributed by atoms with Crippen molar-refractivity contribution in [2.75, 3.05) is 0 Å². The van der Waals surface area contributed by atoms with Crippen LogP contribution >= 0.6 is 0 Å². The van der Waals surface area contributed by atoms with Gasteiger partial charge in [-0.1, -0.05) is 30.3 Å². The van der Waals surface area contributed by atoms with E-state index in [-0.39, 0.29) is 23.9 Å². The van der Waals surface area contributed by atoms with Crippen molar-refractivity contribution >= 4 is 11.9 Å². The fourth-order valence-electron chi connectivity index (χ4n) is 5.91. The molecule has 5 nitrogen and oxygen atoms in total. The highest BCUT2D eigenvalue weighted by Gasteiger charge is 2.51. The van der Waals surface area contributed by atoms with E-state index in [9.17, 15) is 9.59 Å². The number of rotatable bonds is 5. The van der Waals surface area contributed by atoms with E-state index < -0.39 is 6.03 Å². The van der Waals surface area contributed by atoms with Crippen LogP contribution in [0.4, 0.5) is 4.79 Å². The molecule has 0 unspecified atom stereocenters. The molecular weight excluding hydrogens is 314 g/mol. The summed E-state index contributed by atoms with van der Waals surface area (Å²) in [5.41, 5.74) is 6.22. The summed E-state index contributed by atoms with van der Waals surface area (Å²) in [6.45, 7) is 0. The number of carbonyl (C=O) groups is 2. The van der Waals surface area contributed by atoms with Crippen LogP contribution in [0.3, 0.4) is 0 Å². The lowest BCUT2D eigenvalue weighted by atomic mass is 9.53. The lowest BCUT2D eigenvalue weighted by Gasteiger charge is -2.57. The van der Waals surface area contributed by atoms with E-state index in [1.54, 1.807) is 0 Å². The van der Waals surface area contributed by atoms with Crippen LogP contribution in [0.2, 0.25) is 0 Å². The van der Waals surface area contributed by atoms with Crippen LogP contribution in [-0.2, 0) is 4.79 Å². The molecule has 4 aliphatic carbocycles. The van der Waals surface area contributed by atoms with E-state index in [2.05, 4.69) is 10.6 Å². The van der Waals surface area contributed by atoms with Gasteiger partial charge >= 0.3 is 6.03 Å². The van der Waals surface area contributed by atoms with Crippen LogP contribution in [0.15, 0.2) is 30.3 Å². The Bertz CT molecular complexity index is 623. The van der Waals surface area contributed by atoms with E-state index in [0.717, 1.165) is 42.6 Å². The molecule has 5 rings (SSSR count). The summed E-state index contributed by atoms with van der Waals surface area (Å²) in [5.74, 6) is 2.39. The third-order valence-electron chi connectivity index (χ3n) is 6.35. The van der Waals surface area contributed by atoms with Crippen molar-refractivity contribution in [1.82, 2.24) is 10.6 Å². The quantitative estimate of drug-likeness (QED) is 0.769. The molecule has 0 aromatic heterocycles. The van der Waals surface area contributed by atoms with Crippen LogP contribution in [-0.4, -0.2) is 17.5 Å². The van der Waals surface area contributed by atoms with Crippen LogP contribution in [0, 0.1) is 17.8 Å². The molecule has 4 aliphatic rings. The molecule has 1 atom stereocenters. The zero-order valence-corrected chi connectivity index (χ0v) is 14.5. The largest absolute Gasteiger partial charge is 0.352 e. The molecule has 5 heteroatoms. The first-order valence-electron chi connectivity index (χ1n) is 9.43. The maximum atomic E-state index is 12.8. The van der Waals surface area contributed by atoms with Crippen LogP contribution < -0.4 is 16.4 Å². The topological polar surface area (TPSA) is 84.2 Å². The van der Waals surface area contributed by atoms with Crippen molar-refractivity contribution < 1.29 is 9.59 Å². The van der Waals surface area contributed by atoms with Crippen molar-refractivity contribution in [1.29, 1.82) is 0 Å². The standard InChI is InChI=1S/C20H27N3O2/c21-19(25)22-17(16-4-2-1-3-5-16)9-18(24)23-20-10-13-6-14(11-20)8-15(7-13)12-20/h1-5,13-15,17H,6-12H2,(H,23,24)(H3,21,22,25)/t13?,14?,15?,17-,20?/m1/s1. The Morgan fingerprint density at radius 3 is 2.12 bits per heavy atom. The van der Waals surface area contributed by atoms with E-state index in [1.807, 2.05) is 30.3 Å². The number of hydrogen-bond donors (Lipinski definition) is 3. The van der Waals surface area contributed by atoms with Gasteiger partial charge in [0.05, 0.1) is 12.5 Å². The zero-order valence-electron chi connectivity index (χ0n) is 14.5. The molecule has 0 spiro atoms. The third-order valence-corrected chi connectivity index (χ3v) is 6.35. The molecule has 1 aromatic rings. The summed E-state index contributed by atoms with van der Waals surface area (Å²) in [6.07, 6.45) is 7.67. The first-order valence-corrected chi connectivity index (χ1v) is 9.43. The molecule has 25 heavy (non-hydrogen) atoms. The van der Waals surface area contributed by atoms with E-state index >= 15 is 0 Å². The van der Waals surface area contributed by atoms with Gasteiger partial charge in [-0.3, -0.25) is 4.79 Å². The van der Waals surface area contributed by atoms with Crippen molar-refractivity contribution in [3.8, 4) is 0 Å². The van der Waals surface area contributed by atoms with Gasteiger partial charge in [-0.2, -0.15) is 0 Å². The van der Waals surface area contributed by atoms with Crippen molar-refractivity contribution in [2.24, 2.45) is 23.5 Å². The molecule has 4 N–H and O–H groups in total. The van der Waals surface area contributed by atoms with Gasteiger partial charge in [0, 0.05) is 5.54 Å². The van der Waals surface area contributed by atoms with Gasteiger partial charge in [-0.25, -0.2) is 4.79 Å². The number of carbonyl (C=O) groups excluding carboxylic acids is 2. The van der Waals surface area contributed by atoms with Crippen molar-refractivity contribution in [3.63, 3.8) is 0 Å². The molecule has 1 aromatic carbocycles. The lowest BCUT2D eigenvalue weighted by Crippen LogP contribution is -2.60. The Kier molecular flexibility index (Phi) is 4.18. The monoisotopic (exact) mass is 341 g/mol. The summed E-state index contributed by atoms with van der Waals surface area (Å²) >= 11 is 0. The van der Waals surface area contributed by atoms with Crippen LogP contribution in [0.25, 0.3) is 0 Å². The van der Waals surface area contributed by atoms with E-state index in [4.69, 9.17) is 5.73 Å². The highest BCUT2D eigenvalue weighted by molar-refractivity contribution is 5.79. The maximum Gasteiger partial charge on any atom is 0.312 e. The van der Waals surface area contributed by atoms with Crippen molar-refractivity contribution in [2.45, 2.75) is 56.5 Å². The average Bonchev–Trinajstić information content (AvgIpc) is 2.52. The molecule has 4 bridgehead atoms. The first-order chi connectivity index (χ1) is 12.0. The minimum absolute atomic E-state index is 0.000204. The third kappa shape index (κ3) is 3.51. The van der Waals surface area contributed by atoms with Gasteiger partial charge in [-0.15, -0.1) is 0 Å². The second-order valence-electron chi connectivity index (χ2n) is 8.42. The minimum atomic E-state index is -0.601. The Hall–Kier alpha value is -2.04. The highest BCUT2D eigenvalue weighted by atomic mass is 16.2. The summed E-state index contributed by atoms with van der Waals surface area (Å²) in [4.78, 5) is 24.1. The fourth-order valence-corrected chi connectivity index (χ4v) is 5.91. The Balaban J connectivity index is 1.44. The number of hydrogen-bond acceptors (Lipinski definition) is 2. The number of nitrogens with one attached hydrogen (secondary N) is 2. The molecule has 0 saturated heterocycles. The molecule has 134 valence electrons. The molecule has 3 amide bonds. The van der Waals surface area contributed by atoms with Gasteiger partial charge in [0.25, 0.3) is 0 Å². The molecule has 0 radical (unpaired) electrons. The predicted octanol–water partition coefficient (Wildman–Crippen LogP) is 2.87. The van der Waals surface area contributed by atoms with Gasteiger partial charge < -0.3 is 16.4 Å². The maximum absolute atomic E-state index is 12.8. The van der Waals surface area contributed by atoms with E-state index in [1.165, 1.54) is 19.3 Å². The van der Waals surface area contributed by atoms with E-state index in [0.29, 0.717) is 0 Å². The normalized spacial score (nSPS) is 33.7. The highest BCUT2D eigenvalue weighted by Crippen LogP contribution is 2.55. The minimum Gasteiger partial charge on any atom is -0.352 e. The Morgan fingerprint density at radius 1 is 1.04 bits per heavy atom. The molecular formula is C20H27N3O2. The van der Waals surface area contributed by atoms with Crippen LogP contribution in [0.5, 0.6) is 0 Å².